The topological polar surface area (TPSA) is 128 Å². The number of alkyl halides is 3. The van der Waals surface area contributed by atoms with Crippen molar-refractivity contribution in [2.75, 3.05) is 11.9 Å². The van der Waals surface area contributed by atoms with Crippen molar-refractivity contribution in [2.45, 2.75) is 55.8 Å². The largest absolute Gasteiger partial charge is 0.406 e. The molecule has 1 spiro atoms. The van der Waals surface area contributed by atoms with Crippen molar-refractivity contribution in [3.8, 4) is 6.07 Å². The molecule has 4 heterocycles. The number of nitriles is 1. The molecule has 1 fully saturated rings. The number of carbonyl (C=O) groups is 3. The number of anilines is 1. The van der Waals surface area contributed by atoms with Crippen molar-refractivity contribution >= 4 is 23.5 Å². The Labute approximate surface area is 251 Å². The highest BCUT2D eigenvalue weighted by molar-refractivity contribution is 6.06. The molecule has 232 valence electrons. The maximum atomic E-state index is 14.8. The molecule has 6 rings (SSSR count). The normalized spacial score (nSPS) is 23.9. The van der Waals surface area contributed by atoms with E-state index in [9.17, 15) is 46.0 Å². The van der Waals surface area contributed by atoms with Crippen LogP contribution in [0.5, 0.6) is 0 Å². The maximum Gasteiger partial charge on any atom is 0.406 e. The van der Waals surface area contributed by atoms with Gasteiger partial charge in [0, 0.05) is 48.1 Å². The second-order valence-corrected chi connectivity index (χ2v) is 11.4. The Balaban J connectivity index is 1.28. The molecule has 3 aliphatic rings. The molecule has 0 bridgehead atoms. The van der Waals surface area contributed by atoms with Gasteiger partial charge in [-0.05, 0) is 49.1 Å². The van der Waals surface area contributed by atoms with E-state index in [1.807, 2.05) is 6.07 Å². The number of hydrogen-bond acceptors (Lipinski definition) is 6. The minimum absolute atomic E-state index is 0.0679. The number of hydrogen-bond donors (Lipinski definition) is 2. The van der Waals surface area contributed by atoms with E-state index in [0.717, 1.165) is 0 Å². The summed E-state index contributed by atoms with van der Waals surface area (Å²) in [6, 6.07) is 3.02. The van der Waals surface area contributed by atoms with Gasteiger partial charge in [-0.15, -0.1) is 0 Å². The Morgan fingerprint density at radius 1 is 1.13 bits per heavy atom. The number of halogens is 6. The minimum atomic E-state index is -4.86. The lowest BCUT2D eigenvalue weighted by Gasteiger charge is -2.43. The number of nitrogens with zero attached hydrogens (tertiary/aromatic N) is 4. The van der Waals surface area contributed by atoms with Gasteiger partial charge in [0.1, 0.15) is 30.3 Å². The number of pyridine rings is 2. The first-order valence-corrected chi connectivity index (χ1v) is 13.7. The van der Waals surface area contributed by atoms with E-state index in [1.54, 1.807) is 6.07 Å². The molecule has 1 aromatic carbocycles. The Bertz CT molecular complexity index is 1820. The van der Waals surface area contributed by atoms with Crippen LogP contribution < -0.4 is 10.6 Å². The predicted octanol–water partition coefficient (Wildman–Crippen LogP) is 3.82. The lowest BCUT2D eigenvalue weighted by atomic mass is 9.79. The van der Waals surface area contributed by atoms with E-state index < -0.39 is 77.4 Å². The lowest BCUT2D eigenvalue weighted by Crippen LogP contribution is -2.59. The highest BCUT2D eigenvalue weighted by Crippen LogP contribution is 2.46. The standard InChI is InChI=1S/C30H22F6N6O3/c1-13-18(19-4-17(31)5-21(32)24(19)33)6-22(27(44)42(13)12-30(34,35)36)40-26(43)16-3-15-7-29(8-23(15)38-11-16)20-2-14(9-37)10-39-25(20)41-28(29)45/h2-5,10-11,13,18,22H,6-8,12H2,1H3,(H,40,43)(H,39,41,45)/t13-,18-,22+,29+/m1/s1. The first kappa shape index (κ1) is 30.0. The molecule has 0 unspecified atom stereocenters. The number of nitrogens with one attached hydrogen (secondary N) is 2. The third-order valence-electron chi connectivity index (χ3n) is 8.70. The zero-order chi connectivity index (χ0) is 32.4. The molecule has 2 aliphatic heterocycles. The Morgan fingerprint density at radius 2 is 1.89 bits per heavy atom. The number of rotatable bonds is 4. The predicted molar refractivity (Wildman–Crippen MR) is 143 cm³/mol. The zero-order valence-corrected chi connectivity index (χ0v) is 23.3. The van der Waals surface area contributed by atoms with Crippen LogP contribution in [0.25, 0.3) is 0 Å². The number of fused-ring (bicyclic) bond motifs is 3. The Morgan fingerprint density at radius 3 is 2.60 bits per heavy atom. The molecule has 2 aromatic heterocycles. The van der Waals surface area contributed by atoms with Crippen molar-refractivity contribution in [3.05, 3.63) is 87.6 Å². The number of amides is 3. The van der Waals surface area contributed by atoms with Crippen molar-refractivity contribution in [3.63, 3.8) is 0 Å². The van der Waals surface area contributed by atoms with Gasteiger partial charge in [-0.1, -0.05) is 0 Å². The molecular weight excluding hydrogens is 606 g/mol. The second kappa shape index (κ2) is 10.6. The Kier molecular flexibility index (Phi) is 7.06. The van der Waals surface area contributed by atoms with Gasteiger partial charge in [0.2, 0.25) is 11.8 Å². The first-order valence-electron chi connectivity index (χ1n) is 13.7. The summed E-state index contributed by atoms with van der Waals surface area (Å²) in [5, 5.41) is 14.4. The average Bonchev–Trinajstić information content (AvgIpc) is 3.50. The van der Waals surface area contributed by atoms with E-state index in [-0.39, 0.29) is 29.9 Å². The minimum Gasteiger partial charge on any atom is -0.340 e. The number of carbonyl (C=O) groups excluding carboxylic acids is 3. The van der Waals surface area contributed by atoms with E-state index in [0.29, 0.717) is 39.7 Å². The first-order chi connectivity index (χ1) is 21.2. The summed E-state index contributed by atoms with van der Waals surface area (Å²) in [6.45, 7) is -0.523. The van der Waals surface area contributed by atoms with E-state index in [2.05, 4.69) is 20.6 Å². The summed E-state index contributed by atoms with van der Waals surface area (Å²) >= 11 is 0. The van der Waals surface area contributed by atoms with Crippen molar-refractivity contribution < 1.29 is 40.7 Å². The van der Waals surface area contributed by atoms with E-state index in [1.165, 1.54) is 25.4 Å². The molecule has 3 amide bonds. The molecular formula is C30H22F6N6O3. The second-order valence-electron chi connectivity index (χ2n) is 11.4. The quantitative estimate of drug-likeness (QED) is 0.334. The van der Waals surface area contributed by atoms with Crippen LogP contribution in [0.4, 0.5) is 32.2 Å². The molecule has 15 heteroatoms. The summed E-state index contributed by atoms with van der Waals surface area (Å²) in [7, 11) is 0. The van der Waals surface area contributed by atoms with Crippen LogP contribution in [-0.4, -0.2) is 57.4 Å². The van der Waals surface area contributed by atoms with Gasteiger partial charge in [0.05, 0.1) is 16.5 Å². The van der Waals surface area contributed by atoms with E-state index in [4.69, 9.17) is 0 Å². The summed E-state index contributed by atoms with van der Waals surface area (Å²) in [5.41, 5.74) is 0.0254. The molecule has 1 saturated heterocycles. The van der Waals surface area contributed by atoms with Crippen LogP contribution in [0.15, 0.2) is 36.7 Å². The SMILES string of the molecule is C[C@@H]1[C@H](c2cc(F)cc(F)c2F)C[C@H](NC(=O)c2cnc3c(c2)C[C@@]2(C3)C(=O)Nc3ncc(C#N)cc32)C(=O)N1CC(F)(F)F. The van der Waals surface area contributed by atoms with Crippen LogP contribution in [0.1, 0.15) is 57.6 Å². The fraction of sp³-hybridized carbons (Fsp3) is 0.333. The molecule has 3 aromatic rings. The molecule has 0 saturated carbocycles. The summed E-state index contributed by atoms with van der Waals surface area (Å²) < 4.78 is 83.3. The van der Waals surface area contributed by atoms with Gasteiger partial charge in [-0.2, -0.15) is 18.4 Å². The monoisotopic (exact) mass is 628 g/mol. The molecule has 2 N–H and O–H groups in total. The van der Waals surface area contributed by atoms with Crippen molar-refractivity contribution in [1.82, 2.24) is 20.2 Å². The van der Waals surface area contributed by atoms with Crippen LogP contribution in [0, 0.1) is 28.8 Å². The molecule has 9 nitrogen and oxygen atoms in total. The maximum absolute atomic E-state index is 14.8. The molecule has 1 aliphatic carbocycles. The van der Waals surface area contributed by atoms with Crippen LogP contribution in [-0.2, 0) is 27.8 Å². The molecule has 0 radical (unpaired) electrons. The number of benzene rings is 1. The Hall–Kier alpha value is -5.00. The van der Waals surface area contributed by atoms with Crippen LogP contribution >= 0.6 is 0 Å². The summed E-state index contributed by atoms with van der Waals surface area (Å²) in [4.78, 5) is 48.5. The smallest absolute Gasteiger partial charge is 0.340 e. The van der Waals surface area contributed by atoms with Gasteiger partial charge >= 0.3 is 6.18 Å². The van der Waals surface area contributed by atoms with Crippen LogP contribution in [0.2, 0.25) is 0 Å². The number of likely N-dealkylation sites (tertiary alicyclic amines) is 1. The zero-order valence-electron chi connectivity index (χ0n) is 23.3. The average molecular weight is 629 g/mol. The van der Waals surface area contributed by atoms with Gasteiger partial charge in [0.25, 0.3) is 5.91 Å². The lowest BCUT2D eigenvalue weighted by molar-refractivity contribution is -0.170. The van der Waals surface area contributed by atoms with Gasteiger partial charge in [-0.3, -0.25) is 19.4 Å². The summed E-state index contributed by atoms with van der Waals surface area (Å²) in [6.07, 6.45) is -2.52. The highest BCUT2D eigenvalue weighted by Gasteiger charge is 2.52. The summed E-state index contributed by atoms with van der Waals surface area (Å²) in [5.74, 6) is -7.51. The van der Waals surface area contributed by atoms with E-state index >= 15 is 0 Å². The number of piperidine rings is 1. The van der Waals surface area contributed by atoms with Gasteiger partial charge < -0.3 is 15.5 Å². The third-order valence-corrected chi connectivity index (χ3v) is 8.70. The van der Waals surface area contributed by atoms with Crippen LogP contribution in [0.3, 0.4) is 0 Å². The van der Waals surface area contributed by atoms with Crippen molar-refractivity contribution in [1.29, 1.82) is 5.26 Å². The fourth-order valence-corrected chi connectivity index (χ4v) is 6.52. The van der Waals surface area contributed by atoms with Gasteiger partial charge in [-0.25, -0.2) is 18.2 Å². The number of aromatic nitrogens is 2. The third kappa shape index (κ3) is 5.13. The molecule has 4 atom stereocenters. The van der Waals surface area contributed by atoms with Crippen molar-refractivity contribution in [2.24, 2.45) is 0 Å². The van der Waals surface area contributed by atoms with Gasteiger partial charge in [0.15, 0.2) is 11.6 Å². The fourth-order valence-electron chi connectivity index (χ4n) is 6.52. The molecule has 45 heavy (non-hydrogen) atoms. The highest BCUT2D eigenvalue weighted by atomic mass is 19.4.